The smallest absolute Gasteiger partial charge is 0.253 e. The molecule has 2 amide bonds. The van der Waals surface area contributed by atoms with Crippen LogP contribution < -0.4 is 10.2 Å². The number of para-hydroxylation sites is 1. The fraction of sp³-hybridized carbons (Fsp3) is 0.364. The summed E-state index contributed by atoms with van der Waals surface area (Å²) in [5.41, 5.74) is 3.24. The minimum Gasteiger partial charge on any atom is -0.375 e. The molecule has 2 aromatic carbocycles. The third-order valence-corrected chi connectivity index (χ3v) is 5.37. The van der Waals surface area contributed by atoms with E-state index in [1.165, 1.54) is 0 Å². The van der Waals surface area contributed by atoms with E-state index < -0.39 is 0 Å². The van der Waals surface area contributed by atoms with E-state index in [-0.39, 0.29) is 17.7 Å². The normalized spacial score (nSPS) is 16.6. The summed E-state index contributed by atoms with van der Waals surface area (Å²) in [5, 5.41) is 3.59. The van der Waals surface area contributed by atoms with Crippen LogP contribution in [0.4, 0.5) is 11.4 Å². The first-order valence-electron chi connectivity index (χ1n) is 9.49. The van der Waals surface area contributed by atoms with Crippen molar-refractivity contribution in [3.05, 3.63) is 58.6 Å². The molecular formula is C22H26ClN3O2. The number of benzene rings is 2. The molecule has 5 nitrogen and oxygen atoms in total. The molecule has 28 heavy (non-hydrogen) atoms. The molecule has 1 N–H and O–H groups in total. The maximum atomic E-state index is 12.9. The van der Waals surface area contributed by atoms with Gasteiger partial charge in [-0.25, -0.2) is 0 Å². The van der Waals surface area contributed by atoms with Gasteiger partial charge in [-0.3, -0.25) is 9.59 Å². The van der Waals surface area contributed by atoms with Crippen LogP contribution in [0.1, 0.15) is 28.8 Å². The van der Waals surface area contributed by atoms with Gasteiger partial charge in [-0.05, 0) is 44.0 Å². The highest BCUT2D eigenvalue weighted by molar-refractivity contribution is 6.34. The number of nitrogens with one attached hydrogen (secondary N) is 1. The van der Waals surface area contributed by atoms with Gasteiger partial charge in [0.1, 0.15) is 0 Å². The van der Waals surface area contributed by atoms with Crippen molar-refractivity contribution in [2.24, 2.45) is 5.92 Å². The molecule has 1 aliphatic heterocycles. The van der Waals surface area contributed by atoms with E-state index in [0.717, 1.165) is 24.1 Å². The number of anilines is 2. The van der Waals surface area contributed by atoms with Crippen molar-refractivity contribution in [1.29, 1.82) is 0 Å². The number of piperidine rings is 1. The summed E-state index contributed by atoms with van der Waals surface area (Å²) in [6, 6.07) is 13.0. The summed E-state index contributed by atoms with van der Waals surface area (Å²) in [4.78, 5) is 29.3. The van der Waals surface area contributed by atoms with Crippen LogP contribution in [-0.4, -0.2) is 43.9 Å². The standard InChI is InChI=1S/C22H26ClN3O2/c1-15-9-11-16(12-10-15)22(28)26-13-5-6-17(14-26)21(27)24-19-8-4-7-18(23)20(19)25(2)3/h4,7-12,17H,5-6,13-14H2,1-3H3,(H,24,27). The largest absolute Gasteiger partial charge is 0.375 e. The number of rotatable bonds is 4. The van der Waals surface area contributed by atoms with Crippen molar-refractivity contribution in [3.63, 3.8) is 0 Å². The first-order chi connectivity index (χ1) is 13.4. The molecule has 1 atom stereocenters. The summed E-state index contributed by atoms with van der Waals surface area (Å²) in [6.45, 7) is 3.10. The Morgan fingerprint density at radius 1 is 1.14 bits per heavy atom. The quantitative estimate of drug-likeness (QED) is 0.838. The summed E-state index contributed by atoms with van der Waals surface area (Å²) in [5.74, 6) is -0.335. The van der Waals surface area contributed by atoms with Gasteiger partial charge < -0.3 is 15.1 Å². The van der Waals surface area contributed by atoms with Crippen molar-refractivity contribution in [3.8, 4) is 0 Å². The topological polar surface area (TPSA) is 52.7 Å². The zero-order valence-corrected chi connectivity index (χ0v) is 17.3. The monoisotopic (exact) mass is 399 g/mol. The molecule has 1 fully saturated rings. The van der Waals surface area contributed by atoms with Crippen LogP contribution in [0, 0.1) is 12.8 Å². The average Bonchev–Trinajstić information content (AvgIpc) is 2.68. The first-order valence-corrected chi connectivity index (χ1v) is 9.87. The molecule has 0 bridgehead atoms. The second-order valence-corrected chi connectivity index (χ2v) is 7.88. The van der Waals surface area contributed by atoms with Gasteiger partial charge in [-0.15, -0.1) is 0 Å². The predicted octanol–water partition coefficient (Wildman–Crippen LogP) is 4.21. The van der Waals surface area contributed by atoms with E-state index in [1.54, 1.807) is 11.0 Å². The van der Waals surface area contributed by atoms with Gasteiger partial charge in [0.05, 0.1) is 22.3 Å². The number of likely N-dealkylation sites (tertiary alicyclic amines) is 1. The fourth-order valence-corrected chi connectivity index (χ4v) is 3.90. The Kier molecular flexibility index (Phi) is 6.25. The summed E-state index contributed by atoms with van der Waals surface area (Å²) in [6.07, 6.45) is 1.58. The van der Waals surface area contributed by atoms with Crippen LogP contribution in [0.25, 0.3) is 0 Å². The van der Waals surface area contributed by atoms with E-state index in [9.17, 15) is 9.59 Å². The van der Waals surface area contributed by atoms with Gasteiger partial charge in [0.2, 0.25) is 5.91 Å². The van der Waals surface area contributed by atoms with E-state index >= 15 is 0 Å². The molecule has 1 saturated heterocycles. The molecule has 1 heterocycles. The first kappa shape index (κ1) is 20.2. The highest BCUT2D eigenvalue weighted by Gasteiger charge is 2.29. The Bertz CT molecular complexity index is 865. The van der Waals surface area contributed by atoms with Crippen LogP contribution in [-0.2, 0) is 4.79 Å². The second-order valence-electron chi connectivity index (χ2n) is 7.48. The maximum absolute atomic E-state index is 12.9. The molecule has 0 aliphatic carbocycles. The van der Waals surface area contributed by atoms with Crippen LogP contribution in [0.15, 0.2) is 42.5 Å². The molecular weight excluding hydrogens is 374 g/mol. The van der Waals surface area contributed by atoms with Gasteiger partial charge in [0.15, 0.2) is 0 Å². The Balaban J connectivity index is 1.71. The molecule has 3 rings (SSSR count). The lowest BCUT2D eigenvalue weighted by Gasteiger charge is -2.32. The van der Waals surface area contributed by atoms with Gasteiger partial charge in [-0.1, -0.05) is 35.4 Å². The molecule has 1 unspecified atom stereocenters. The number of halogens is 1. The van der Waals surface area contributed by atoms with Crippen LogP contribution in [0.5, 0.6) is 0 Å². The minimum absolute atomic E-state index is 0.0192. The molecule has 148 valence electrons. The van der Waals surface area contributed by atoms with Crippen molar-refractivity contribution < 1.29 is 9.59 Å². The van der Waals surface area contributed by atoms with Crippen molar-refractivity contribution in [2.75, 3.05) is 37.4 Å². The van der Waals surface area contributed by atoms with Gasteiger partial charge in [-0.2, -0.15) is 0 Å². The highest BCUT2D eigenvalue weighted by Crippen LogP contribution is 2.33. The number of carbonyl (C=O) groups is 2. The molecule has 1 aliphatic rings. The van der Waals surface area contributed by atoms with E-state index in [1.807, 2.05) is 62.3 Å². The molecule has 6 heteroatoms. The summed E-state index contributed by atoms with van der Waals surface area (Å²) < 4.78 is 0. The molecule has 0 saturated carbocycles. The lowest BCUT2D eigenvalue weighted by atomic mass is 9.96. The van der Waals surface area contributed by atoms with Gasteiger partial charge >= 0.3 is 0 Å². The SMILES string of the molecule is Cc1ccc(C(=O)N2CCCC(C(=O)Nc3cccc(Cl)c3N(C)C)C2)cc1. The van der Waals surface area contributed by atoms with Gasteiger partial charge in [0, 0.05) is 32.7 Å². The highest BCUT2D eigenvalue weighted by atomic mass is 35.5. The third-order valence-electron chi connectivity index (χ3n) is 5.07. The van der Waals surface area contributed by atoms with Crippen molar-refractivity contribution in [1.82, 2.24) is 4.90 Å². The fourth-order valence-electron chi connectivity index (χ4n) is 3.56. The molecule has 0 radical (unpaired) electrons. The van der Waals surface area contributed by atoms with Crippen molar-refractivity contribution in [2.45, 2.75) is 19.8 Å². The summed E-state index contributed by atoms with van der Waals surface area (Å²) >= 11 is 6.29. The van der Waals surface area contributed by atoms with Crippen LogP contribution in [0.2, 0.25) is 5.02 Å². The number of nitrogens with zero attached hydrogens (tertiary/aromatic N) is 2. The maximum Gasteiger partial charge on any atom is 0.253 e. The van der Waals surface area contributed by atoms with Gasteiger partial charge in [0.25, 0.3) is 5.91 Å². The zero-order chi connectivity index (χ0) is 20.3. The lowest BCUT2D eigenvalue weighted by Crippen LogP contribution is -2.43. The van der Waals surface area contributed by atoms with E-state index in [0.29, 0.717) is 29.4 Å². The number of aryl methyl sites for hydroxylation is 1. The van der Waals surface area contributed by atoms with Crippen LogP contribution in [0.3, 0.4) is 0 Å². The Morgan fingerprint density at radius 3 is 2.54 bits per heavy atom. The average molecular weight is 400 g/mol. The molecule has 2 aromatic rings. The van der Waals surface area contributed by atoms with Crippen molar-refractivity contribution >= 4 is 34.8 Å². The van der Waals surface area contributed by atoms with E-state index in [2.05, 4.69) is 5.32 Å². The molecule has 0 aromatic heterocycles. The number of hydrogen-bond donors (Lipinski definition) is 1. The van der Waals surface area contributed by atoms with Crippen LogP contribution >= 0.6 is 11.6 Å². The Morgan fingerprint density at radius 2 is 1.86 bits per heavy atom. The second kappa shape index (κ2) is 8.65. The third kappa shape index (κ3) is 4.47. The predicted molar refractivity (Wildman–Crippen MR) is 114 cm³/mol. The molecule has 0 spiro atoms. The minimum atomic E-state index is -0.239. The lowest BCUT2D eigenvalue weighted by molar-refractivity contribution is -0.121. The Hall–Kier alpha value is -2.53. The number of amides is 2. The number of carbonyl (C=O) groups excluding carboxylic acids is 2. The number of hydrogen-bond acceptors (Lipinski definition) is 3. The Labute approximate surface area is 171 Å². The summed E-state index contributed by atoms with van der Waals surface area (Å²) in [7, 11) is 3.78. The van der Waals surface area contributed by atoms with E-state index in [4.69, 9.17) is 11.6 Å². The zero-order valence-electron chi connectivity index (χ0n) is 16.5.